The number of ether oxygens (including phenoxy) is 2. The van der Waals surface area contributed by atoms with Crippen molar-refractivity contribution in [2.24, 2.45) is 0 Å². The summed E-state index contributed by atoms with van der Waals surface area (Å²) in [6.45, 7) is 3.73. The predicted octanol–water partition coefficient (Wildman–Crippen LogP) is 5.77. The molecule has 0 fully saturated rings. The average molecular weight is 444 g/mol. The summed E-state index contributed by atoms with van der Waals surface area (Å²) in [7, 11) is 1.64. The Bertz CT molecular complexity index is 928. The first-order valence-electron chi connectivity index (χ1n) is 9.05. The second-order valence-corrected chi connectivity index (χ2v) is 7.42. The van der Waals surface area contributed by atoms with Gasteiger partial charge >= 0.3 is 0 Å². The molecule has 0 heterocycles. The lowest BCUT2D eigenvalue weighted by molar-refractivity contribution is 0.280. The van der Waals surface area contributed by atoms with Crippen LogP contribution < -0.4 is 14.8 Å². The van der Waals surface area contributed by atoms with Crippen molar-refractivity contribution in [2.75, 3.05) is 7.11 Å². The fourth-order valence-corrected chi connectivity index (χ4v) is 3.41. The van der Waals surface area contributed by atoms with Crippen molar-refractivity contribution < 1.29 is 13.9 Å². The molecule has 0 aliphatic rings. The highest BCUT2D eigenvalue weighted by molar-refractivity contribution is 9.10. The quantitative estimate of drug-likeness (QED) is 0.478. The molecule has 3 aromatic rings. The first-order valence-corrected chi connectivity index (χ1v) is 9.85. The second-order valence-electron chi connectivity index (χ2n) is 6.57. The number of rotatable bonds is 8. The van der Waals surface area contributed by atoms with E-state index in [1.165, 1.54) is 17.7 Å². The van der Waals surface area contributed by atoms with Crippen molar-refractivity contribution in [3.8, 4) is 11.5 Å². The van der Waals surface area contributed by atoms with Crippen LogP contribution in [0, 0.1) is 12.7 Å². The first kappa shape index (κ1) is 20.4. The van der Waals surface area contributed by atoms with Crippen LogP contribution in [0.2, 0.25) is 0 Å². The average Bonchev–Trinajstić information content (AvgIpc) is 2.69. The molecule has 28 heavy (non-hydrogen) atoms. The molecule has 0 unspecified atom stereocenters. The predicted molar refractivity (Wildman–Crippen MR) is 113 cm³/mol. The monoisotopic (exact) mass is 443 g/mol. The molecule has 0 amide bonds. The molecule has 146 valence electrons. The molecule has 0 aliphatic carbocycles. The molecule has 5 heteroatoms. The Morgan fingerprint density at radius 1 is 0.964 bits per heavy atom. The number of hydrogen-bond donors (Lipinski definition) is 1. The summed E-state index contributed by atoms with van der Waals surface area (Å²) in [5.41, 5.74) is 4.30. The van der Waals surface area contributed by atoms with Gasteiger partial charge in [-0.3, -0.25) is 0 Å². The summed E-state index contributed by atoms with van der Waals surface area (Å²) in [6, 6.07) is 18.6. The van der Waals surface area contributed by atoms with Gasteiger partial charge in [0.1, 0.15) is 12.4 Å². The summed E-state index contributed by atoms with van der Waals surface area (Å²) >= 11 is 3.62. The Hall–Kier alpha value is -2.37. The zero-order valence-corrected chi connectivity index (χ0v) is 17.6. The van der Waals surface area contributed by atoms with E-state index in [0.717, 1.165) is 21.2 Å². The summed E-state index contributed by atoms with van der Waals surface area (Å²) in [6.07, 6.45) is 0. The molecule has 3 aromatic carbocycles. The van der Waals surface area contributed by atoms with Crippen LogP contribution in [0.3, 0.4) is 0 Å². The third-order valence-corrected chi connectivity index (χ3v) is 5.14. The van der Waals surface area contributed by atoms with E-state index in [-0.39, 0.29) is 5.82 Å². The molecule has 0 saturated heterocycles. The van der Waals surface area contributed by atoms with E-state index < -0.39 is 0 Å². The van der Waals surface area contributed by atoms with Gasteiger partial charge in [-0.2, -0.15) is 0 Å². The number of nitrogens with one attached hydrogen (secondary N) is 1. The fourth-order valence-electron chi connectivity index (χ4n) is 2.96. The van der Waals surface area contributed by atoms with Gasteiger partial charge in [0.2, 0.25) is 0 Å². The molecule has 3 nitrogen and oxygen atoms in total. The van der Waals surface area contributed by atoms with Crippen LogP contribution >= 0.6 is 15.9 Å². The zero-order valence-electron chi connectivity index (χ0n) is 16.0. The minimum atomic E-state index is -0.230. The molecule has 0 bridgehead atoms. The number of methoxy groups -OCH3 is 1. The summed E-state index contributed by atoms with van der Waals surface area (Å²) in [5, 5.41) is 3.39. The Kier molecular flexibility index (Phi) is 7.06. The molecule has 0 aliphatic heterocycles. The fraction of sp³-hybridized carbons (Fsp3) is 0.217. The molecule has 1 N–H and O–H groups in total. The van der Waals surface area contributed by atoms with Crippen LogP contribution in [0.25, 0.3) is 0 Å². The highest BCUT2D eigenvalue weighted by Crippen LogP contribution is 2.36. The summed E-state index contributed by atoms with van der Waals surface area (Å²) in [5.74, 6) is 1.17. The van der Waals surface area contributed by atoms with Crippen LogP contribution in [0.5, 0.6) is 11.5 Å². The molecular weight excluding hydrogens is 421 g/mol. The van der Waals surface area contributed by atoms with E-state index in [2.05, 4.69) is 40.3 Å². The van der Waals surface area contributed by atoms with Crippen molar-refractivity contribution in [1.82, 2.24) is 5.32 Å². The Labute approximate surface area is 173 Å². The van der Waals surface area contributed by atoms with E-state index in [4.69, 9.17) is 9.47 Å². The molecular formula is C23H23BrFNO2. The van der Waals surface area contributed by atoms with Gasteiger partial charge in [0.25, 0.3) is 0 Å². The molecule has 0 radical (unpaired) electrons. The molecule has 0 saturated carbocycles. The Morgan fingerprint density at radius 3 is 2.46 bits per heavy atom. The molecule has 0 aromatic heterocycles. The summed E-state index contributed by atoms with van der Waals surface area (Å²) < 4.78 is 25.7. The number of benzene rings is 3. The Balaban J connectivity index is 1.74. The van der Waals surface area contributed by atoms with Crippen LogP contribution in [-0.4, -0.2) is 7.11 Å². The van der Waals surface area contributed by atoms with Gasteiger partial charge in [-0.1, -0.05) is 57.9 Å². The van der Waals surface area contributed by atoms with E-state index in [9.17, 15) is 4.39 Å². The Morgan fingerprint density at radius 2 is 1.75 bits per heavy atom. The van der Waals surface area contributed by atoms with Crippen LogP contribution in [0.1, 0.15) is 22.3 Å². The lowest BCUT2D eigenvalue weighted by Gasteiger charge is -2.17. The van der Waals surface area contributed by atoms with Crippen molar-refractivity contribution in [3.05, 3.63) is 93.2 Å². The SMILES string of the molecule is COc1ccc(Br)c(CNCc2ccc(F)cc2)c1OCc1cccc(C)c1. The smallest absolute Gasteiger partial charge is 0.167 e. The number of halogens is 2. The second kappa shape index (κ2) is 9.71. The van der Waals surface area contributed by atoms with E-state index >= 15 is 0 Å². The summed E-state index contributed by atoms with van der Waals surface area (Å²) in [4.78, 5) is 0. The number of hydrogen-bond acceptors (Lipinski definition) is 3. The largest absolute Gasteiger partial charge is 0.493 e. The zero-order chi connectivity index (χ0) is 19.9. The van der Waals surface area contributed by atoms with Gasteiger partial charge in [-0.15, -0.1) is 0 Å². The van der Waals surface area contributed by atoms with E-state index in [1.54, 1.807) is 19.2 Å². The van der Waals surface area contributed by atoms with Crippen LogP contribution in [-0.2, 0) is 19.7 Å². The number of aryl methyl sites for hydroxylation is 1. The maximum atomic E-state index is 13.1. The van der Waals surface area contributed by atoms with Gasteiger partial charge < -0.3 is 14.8 Å². The normalized spacial score (nSPS) is 10.7. The van der Waals surface area contributed by atoms with Gasteiger partial charge in [0.05, 0.1) is 7.11 Å². The minimum absolute atomic E-state index is 0.230. The molecule has 3 rings (SSSR count). The standard InChI is InChI=1S/C23H23BrFNO2/c1-16-4-3-5-18(12-16)15-28-23-20(21(24)10-11-22(23)27-2)14-26-13-17-6-8-19(25)9-7-17/h3-12,26H,13-15H2,1-2H3. The van der Waals surface area contributed by atoms with Crippen molar-refractivity contribution >= 4 is 15.9 Å². The van der Waals surface area contributed by atoms with Crippen molar-refractivity contribution in [3.63, 3.8) is 0 Å². The first-order chi connectivity index (χ1) is 13.6. The topological polar surface area (TPSA) is 30.5 Å². The van der Waals surface area contributed by atoms with Gasteiger partial charge in [0.15, 0.2) is 11.5 Å². The minimum Gasteiger partial charge on any atom is -0.493 e. The van der Waals surface area contributed by atoms with Crippen molar-refractivity contribution in [1.29, 1.82) is 0 Å². The maximum absolute atomic E-state index is 13.1. The van der Waals surface area contributed by atoms with E-state index in [1.807, 2.05) is 24.3 Å². The van der Waals surface area contributed by atoms with Crippen molar-refractivity contribution in [2.45, 2.75) is 26.6 Å². The molecule has 0 spiro atoms. The third kappa shape index (κ3) is 5.33. The maximum Gasteiger partial charge on any atom is 0.167 e. The van der Waals surface area contributed by atoms with Crippen LogP contribution in [0.4, 0.5) is 4.39 Å². The van der Waals surface area contributed by atoms with Gasteiger partial charge in [-0.25, -0.2) is 4.39 Å². The van der Waals surface area contributed by atoms with Gasteiger partial charge in [0, 0.05) is 23.1 Å². The third-order valence-electron chi connectivity index (χ3n) is 4.40. The van der Waals surface area contributed by atoms with Crippen LogP contribution in [0.15, 0.2) is 65.1 Å². The van der Waals surface area contributed by atoms with E-state index in [0.29, 0.717) is 31.2 Å². The highest BCUT2D eigenvalue weighted by Gasteiger charge is 2.15. The highest BCUT2D eigenvalue weighted by atomic mass is 79.9. The lowest BCUT2D eigenvalue weighted by atomic mass is 10.1. The van der Waals surface area contributed by atoms with Gasteiger partial charge in [-0.05, 0) is 42.3 Å². The molecule has 0 atom stereocenters. The lowest BCUT2D eigenvalue weighted by Crippen LogP contribution is -2.14.